The van der Waals surface area contributed by atoms with Crippen molar-refractivity contribution >= 4 is 17.6 Å². The highest BCUT2D eigenvalue weighted by atomic mass is 16.5. The van der Waals surface area contributed by atoms with Gasteiger partial charge in [-0.15, -0.1) is 0 Å². The molecule has 1 aromatic heterocycles. The van der Waals surface area contributed by atoms with Gasteiger partial charge in [0, 0.05) is 42.0 Å². The monoisotopic (exact) mass is 477 g/mol. The van der Waals surface area contributed by atoms with Gasteiger partial charge in [0.2, 0.25) is 0 Å². The highest BCUT2D eigenvalue weighted by molar-refractivity contribution is 5.96. The minimum absolute atomic E-state index is 0.0427. The number of nitrogens with one attached hydrogen (secondary N) is 3. The van der Waals surface area contributed by atoms with Crippen LogP contribution in [0.1, 0.15) is 65.3 Å². The molecule has 2 amide bonds. The molecule has 35 heavy (non-hydrogen) atoms. The number of hydrogen-bond acceptors (Lipinski definition) is 6. The van der Waals surface area contributed by atoms with Crippen molar-refractivity contribution in [1.82, 2.24) is 20.9 Å². The zero-order valence-electron chi connectivity index (χ0n) is 20.8. The van der Waals surface area contributed by atoms with Crippen molar-refractivity contribution in [3.05, 3.63) is 53.2 Å². The minimum Gasteiger partial charge on any atom is -0.496 e. The highest BCUT2D eigenvalue weighted by Crippen LogP contribution is 2.38. The van der Waals surface area contributed by atoms with Crippen LogP contribution in [0.4, 0.5) is 5.82 Å². The van der Waals surface area contributed by atoms with E-state index in [-0.39, 0.29) is 23.4 Å². The standard InChI is InChI=1S/C27H35N5O3/c1-17-22(5-4-6-23(17)35-3)26(34)30-19-13-20-8-9-21(14-19)32(20)24-10-7-18(15-29-24)25(33)31-27(2)11-12-28-16-27/h4-7,10,15,19-21,28H,8-9,11-14,16H2,1-3H3,(H,30,34)(H,31,33)/t19?,20?,21?,27-/m0/s1. The summed E-state index contributed by atoms with van der Waals surface area (Å²) in [6.07, 6.45) is 6.57. The number of fused-ring (bicyclic) bond motifs is 2. The van der Waals surface area contributed by atoms with Gasteiger partial charge in [-0.3, -0.25) is 9.59 Å². The smallest absolute Gasteiger partial charge is 0.253 e. The number of piperidine rings is 1. The topological polar surface area (TPSA) is 95.6 Å². The summed E-state index contributed by atoms with van der Waals surface area (Å²) in [6.45, 7) is 5.70. The Balaban J connectivity index is 1.22. The number of benzene rings is 1. The molecule has 0 saturated carbocycles. The normalized spacial score (nSPS) is 27.5. The molecule has 3 fully saturated rings. The van der Waals surface area contributed by atoms with Gasteiger partial charge in [0.25, 0.3) is 11.8 Å². The van der Waals surface area contributed by atoms with Crippen LogP contribution in [-0.4, -0.2) is 60.7 Å². The van der Waals surface area contributed by atoms with E-state index in [1.165, 1.54) is 0 Å². The molecule has 1 aromatic carbocycles. The molecule has 186 valence electrons. The molecular weight excluding hydrogens is 442 g/mol. The Hall–Kier alpha value is -3.13. The maximum atomic E-state index is 13.0. The fraction of sp³-hybridized carbons (Fsp3) is 0.519. The summed E-state index contributed by atoms with van der Waals surface area (Å²) in [5.74, 6) is 1.52. The van der Waals surface area contributed by atoms with Gasteiger partial charge in [0.05, 0.1) is 18.2 Å². The number of aromatic nitrogens is 1. The zero-order valence-corrected chi connectivity index (χ0v) is 20.8. The predicted octanol–water partition coefficient (Wildman–Crippen LogP) is 2.81. The Labute approximate surface area is 206 Å². The third-order valence-electron chi connectivity index (χ3n) is 7.88. The molecule has 3 saturated heterocycles. The molecule has 8 heteroatoms. The Morgan fingerprint density at radius 1 is 1.14 bits per heavy atom. The Morgan fingerprint density at radius 2 is 1.91 bits per heavy atom. The number of methoxy groups -OCH3 is 1. The second-order valence-electron chi connectivity index (χ2n) is 10.4. The van der Waals surface area contributed by atoms with Crippen molar-refractivity contribution in [3.63, 3.8) is 0 Å². The number of anilines is 1. The Bertz CT molecular complexity index is 1080. The van der Waals surface area contributed by atoms with Gasteiger partial charge in [0.15, 0.2) is 0 Å². The lowest BCUT2D eigenvalue weighted by atomic mass is 9.96. The number of hydrogen-bond donors (Lipinski definition) is 3. The first kappa shape index (κ1) is 23.6. The molecule has 2 unspecified atom stereocenters. The molecule has 3 N–H and O–H groups in total. The van der Waals surface area contributed by atoms with Gasteiger partial charge < -0.3 is 25.6 Å². The predicted molar refractivity (Wildman–Crippen MR) is 135 cm³/mol. The lowest BCUT2D eigenvalue weighted by Crippen LogP contribution is -2.51. The fourth-order valence-electron chi connectivity index (χ4n) is 5.96. The molecule has 2 aromatic rings. The lowest BCUT2D eigenvalue weighted by Gasteiger charge is -2.40. The van der Waals surface area contributed by atoms with E-state index < -0.39 is 0 Å². The van der Waals surface area contributed by atoms with E-state index in [9.17, 15) is 9.59 Å². The third kappa shape index (κ3) is 4.72. The number of amides is 2. The first-order chi connectivity index (χ1) is 16.9. The maximum absolute atomic E-state index is 13.0. The van der Waals surface area contributed by atoms with Crippen molar-refractivity contribution in [3.8, 4) is 5.75 Å². The SMILES string of the molecule is COc1cccc(C(=O)NC2CC3CCC(C2)N3c2ccc(C(=O)N[C@@]3(C)CCNC3)cn2)c1C. The molecule has 3 aliphatic heterocycles. The van der Waals surface area contributed by atoms with E-state index in [0.717, 1.165) is 62.3 Å². The third-order valence-corrected chi connectivity index (χ3v) is 7.88. The second-order valence-corrected chi connectivity index (χ2v) is 10.4. The Kier molecular flexibility index (Phi) is 6.40. The first-order valence-electron chi connectivity index (χ1n) is 12.6. The van der Waals surface area contributed by atoms with Crippen molar-refractivity contribution in [2.75, 3.05) is 25.1 Å². The number of nitrogens with zero attached hydrogens (tertiary/aromatic N) is 2. The number of rotatable bonds is 6. The van der Waals surface area contributed by atoms with Crippen molar-refractivity contribution < 1.29 is 14.3 Å². The van der Waals surface area contributed by atoms with E-state index in [2.05, 4.69) is 32.8 Å². The molecule has 5 rings (SSSR count). The zero-order chi connectivity index (χ0) is 24.6. The second kappa shape index (κ2) is 9.49. The molecule has 0 radical (unpaired) electrons. The summed E-state index contributed by atoms with van der Waals surface area (Å²) in [5.41, 5.74) is 1.91. The van der Waals surface area contributed by atoms with Gasteiger partial charge in [-0.2, -0.15) is 0 Å². The largest absolute Gasteiger partial charge is 0.496 e. The van der Waals surface area contributed by atoms with Crippen LogP contribution < -0.4 is 25.6 Å². The number of pyridine rings is 1. The molecule has 3 atom stereocenters. The number of carbonyl (C=O) groups excluding carboxylic acids is 2. The molecule has 4 heterocycles. The summed E-state index contributed by atoms with van der Waals surface area (Å²) in [6, 6.07) is 10.2. The summed E-state index contributed by atoms with van der Waals surface area (Å²) in [4.78, 5) is 32.8. The Morgan fingerprint density at radius 3 is 2.54 bits per heavy atom. The van der Waals surface area contributed by atoms with Crippen LogP contribution >= 0.6 is 0 Å². The molecule has 0 aliphatic carbocycles. The van der Waals surface area contributed by atoms with Gasteiger partial charge in [-0.1, -0.05) is 6.07 Å². The summed E-state index contributed by atoms with van der Waals surface area (Å²) >= 11 is 0. The summed E-state index contributed by atoms with van der Waals surface area (Å²) in [7, 11) is 1.62. The highest BCUT2D eigenvalue weighted by Gasteiger charge is 2.42. The van der Waals surface area contributed by atoms with E-state index in [4.69, 9.17) is 4.74 Å². The van der Waals surface area contributed by atoms with Crippen LogP contribution in [0.5, 0.6) is 5.75 Å². The van der Waals surface area contributed by atoms with Crippen molar-refractivity contribution in [2.45, 2.75) is 69.6 Å². The van der Waals surface area contributed by atoms with Crippen LogP contribution in [-0.2, 0) is 0 Å². The van der Waals surface area contributed by atoms with Crippen LogP contribution in [0, 0.1) is 6.92 Å². The lowest BCUT2D eigenvalue weighted by molar-refractivity contribution is 0.0908. The first-order valence-corrected chi connectivity index (χ1v) is 12.6. The van der Waals surface area contributed by atoms with Gasteiger partial charge in [-0.05, 0) is 76.8 Å². The molecule has 2 bridgehead atoms. The van der Waals surface area contributed by atoms with Crippen LogP contribution in [0.2, 0.25) is 0 Å². The van der Waals surface area contributed by atoms with E-state index in [0.29, 0.717) is 23.2 Å². The summed E-state index contributed by atoms with van der Waals surface area (Å²) < 4.78 is 5.37. The van der Waals surface area contributed by atoms with Crippen LogP contribution in [0.25, 0.3) is 0 Å². The molecule has 8 nitrogen and oxygen atoms in total. The average molecular weight is 478 g/mol. The quantitative estimate of drug-likeness (QED) is 0.592. The summed E-state index contributed by atoms with van der Waals surface area (Å²) in [5, 5.41) is 9.71. The fourth-order valence-corrected chi connectivity index (χ4v) is 5.96. The van der Waals surface area contributed by atoms with Gasteiger partial charge in [-0.25, -0.2) is 4.98 Å². The molecule has 0 spiro atoms. The molecule has 3 aliphatic rings. The average Bonchev–Trinajstić information content (AvgIpc) is 3.39. The van der Waals surface area contributed by atoms with Crippen LogP contribution in [0.3, 0.4) is 0 Å². The molecular formula is C27H35N5O3. The number of ether oxygens (including phenoxy) is 1. The van der Waals surface area contributed by atoms with E-state index in [1.807, 2.05) is 37.3 Å². The van der Waals surface area contributed by atoms with E-state index >= 15 is 0 Å². The van der Waals surface area contributed by atoms with E-state index in [1.54, 1.807) is 13.3 Å². The minimum atomic E-state index is -0.204. The van der Waals surface area contributed by atoms with Gasteiger partial charge in [0.1, 0.15) is 11.6 Å². The number of carbonyl (C=O) groups is 2. The maximum Gasteiger partial charge on any atom is 0.253 e. The van der Waals surface area contributed by atoms with Crippen molar-refractivity contribution in [2.24, 2.45) is 0 Å². The van der Waals surface area contributed by atoms with Crippen LogP contribution in [0.15, 0.2) is 36.5 Å². The van der Waals surface area contributed by atoms with Crippen molar-refractivity contribution in [1.29, 1.82) is 0 Å². The van der Waals surface area contributed by atoms with Gasteiger partial charge >= 0.3 is 0 Å².